The maximum atomic E-state index is 12.6. The molecule has 1 rings (SSSR count). The van der Waals surface area contributed by atoms with Crippen molar-refractivity contribution in [2.24, 2.45) is 5.73 Å². The van der Waals surface area contributed by atoms with Crippen molar-refractivity contribution in [1.82, 2.24) is 0 Å². The zero-order chi connectivity index (χ0) is 10.0. The molecule has 3 N–H and O–H groups in total. The van der Waals surface area contributed by atoms with Gasteiger partial charge >= 0.3 is 6.03 Å². The van der Waals surface area contributed by atoms with Crippen molar-refractivity contribution in [3.63, 3.8) is 0 Å². The molecule has 0 aliphatic carbocycles. The van der Waals surface area contributed by atoms with E-state index in [0.29, 0.717) is 0 Å². The van der Waals surface area contributed by atoms with E-state index < -0.39 is 17.7 Å². The van der Waals surface area contributed by atoms with Gasteiger partial charge in [0.25, 0.3) is 0 Å². The van der Waals surface area contributed by atoms with Crippen molar-refractivity contribution >= 4 is 27.6 Å². The Bertz CT molecular complexity index is 357. The molecule has 0 saturated carbocycles. The van der Waals surface area contributed by atoms with E-state index in [1.54, 1.807) is 0 Å². The van der Waals surface area contributed by atoms with Crippen molar-refractivity contribution in [2.75, 3.05) is 5.32 Å². The highest BCUT2D eigenvalue weighted by Crippen LogP contribution is 2.24. The topological polar surface area (TPSA) is 55.1 Å². The summed E-state index contributed by atoms with van der Waals surface area (Å²) in [6, 6.07) is 0.900. The van der Waals surface area contributed by atoms with E-state index in [4.69, 9.17) is 5.73 Å². The first-order valence-corrected chi connectivity index (χ1v) is 4.01. The zero-order valence-electron chi connectivity index (χ0n) is 6.27. The molecule has 3 nitrogen and oxygen atoms in total. The molecule has 6 heteroatoms. The lowest BCUT2D eigenvalue weighted by Gasteiger charge is -2.04. The highest BCUT2D eigenvalue weighted by molar-refractivity contribution is 9.10. The molecule has 2 amide bonds. The van der Waals surface area contributed by atoms with Crippen LogP contribution < -0.4 is 11.1 Å². The fraction of sp³-hybridized carbons (Fsp3) is 0. The SMILES string of the molecule is NC(=O)Nc1cc(F)c(F)cc1Br. The van der Waals surface area contributed by atoms with Gasteiger partial charge in [-0.1, -0.05) is 0 Å². The largest absolute Gasteiger partial charge is 0.351 e. The van der Waals surface area contributed by atoms with Crippen molar-refractivity contribution in [3.05, 3.63) is 28.2 Å². The Balaban J connectivity index is 3.08. The van der Waals surface area contributed by atoms with Crippen LogP contribution in [0.4, 0.5) is 19.3 Å². The minimum Gasteiger partial charge on any atom is -0.351 e. The summed E-state index contributed by atoms with van der Waals surface area (Å²) in [4.78, 5) is 10.4. The summed E-state index contributed by atoms with van der Waals surface area (Å²) in [7, 11) is 0. The number of hydrogen-bond acceptors (Lipinski definition) is 1. The molecule has 13 heavy (non-hydrogen) atoms. The molecular formula is C7H5BrF2N2O. The fourth-order valence-corrected chi connectivity index (χ4v) is 1.17. The summed E-state index contributed by atoms with van der Waals surface area (Å²) < 4.78 is 25.4. The first-order valence-electron chi connectivity index (χ1n) is 3.21. The molecule has 0 heterocycles. The zero-order valence-corrected chi connectivity index (χ0v) is 7.86. The molecule has 0 aliphatic rings. The van der Waals surface area contributed by atoms with Crippen LogP contribution in [-0.2, 0) is 0 Å². The Labute approximate surface area is 81.0 Å². The number of hydrogen-bond donors (Lipinski definition) is 2. The van der Waals surface area contributed by atoms with Gasteiger partial charge in [-0.25, -0.2) is 13.6 Å². The maximum absolute atomic E-state index is 12.6. The van der Waals surface area contributed by atoms with Gasteiger partial charge in [-0.2, -0.15) is 0 Å². The third kappa shape index (κ3) is 2.38. The Hall–Kier alpha value is -1.17. The van der Waals surface area contributed by atoms with Crippen LogP contribution in [0.3, 0.4) is 0 Å². The number of amides is 2. The molecule has 0 atom stereocenters. The predicted molar refractivity (Wildman–Crippen MR) is 47.3 cm³/mol. The number of nitrogens with one attached hydrogen (secondary N) is 1. The molecule has 0 unspecified atom stereocenters. The minimum absolute atomic E-state index is 0.0893. The van der Waals surface area contributed by atoms with E-state index in [2.05, 4.69) is 21.2 Å². The number of urea groups is 1. The summed E-state index contributed by atoms with van der Waals surface area (Å²) in [5.74, 6) is -2.05. The maximum Gasteiger partial charge on any atom is 0.316 e. The summed E-state index contributed by atoms with van der Waals surface area (Å²) in [6.45, 7) is 0. The lowest BCUT2D eigenvalue weighted by Crippen LogP contribution is -2.19. The smallest absolute Gasteiger partial charge is 0.316 e. The van der Waals surface area contributed by atoms with Gasteiger partial charge in [-0.15, -0.1) is 0 Å². The average molecular weight is 251 g/mol. The highest BCUT2D eigenvalue weighted by Gasteiger charge is 2.08. The van der Waals surface area contributed by atoms with Crippen LogP contribution in [-0.4, -0.2) is 6.03 Å². The Morgan fingerprint density at radius 3 is 2.46 bits per heavy atom. The Morgan fingerprint density at radius 2 is 1.92 bits per heavy atom. The molecule has 0 spiro atoms. The van der Waals surface area contributed by atoms with Crippen LogP contribution in [0.15, 0.2) is 16.6 Å². The third-order valence-electron chi connectivity index (χ3n) is 1.27. The van der Waals surface area contributed by atoms with E-state index in [-0.39, 0.29) is 10.2 Å². The van der Waals surface area contributed by atoms with Gasteiger partial charge in [0.2, 0.25) is 0 Å². The second-order valence-corrected chi connectivity index (χ2v) is 3.09. The van der Waals surface area contributed by atoms with E-state index in [0.717, 1.165) is 12.1 Å². The monoisotopic (exact) mass is 250 g/mol. The molecule has 1 aromatic rings. The van der Waals surface area contributed by atoms with Gasteiger partial charge in [0, 0.05) is 10.5 Å². The van der Waals surface area contributed by atoms with E-state index in [1.807, 2.05) is 0 Å². The van der Waals surface area contributed by atoms with E-state index in [1.165, 1.54) is 0 Å². The fourth-order valence-electron chi connectivity index (χ4n) is 0.751. The van der Waals surface area contributed by atoms with Crippen LogP contribution in [0.25, 0.3) is 0 Å². The van der Waals surface area contributed by atoms with Crippen molar-refractivity contribution in [3.8, 4) is 0 Å². The Kier molecular flexibility index (Phi) is 2.82. The van der Waals surface area contributed by atoms with Crippen molar-refractivity contribution in [1.29, 1.82) is 0 Å². The lowest BCUT2D eigenvalue weighted by atomic mass is 10.3. The molecule has 0 bridgehead atoms. The van der Waals surface area contributed by atoms with E-state index >= 15 is 0 Å². The molecule has 0 radical (unpaired) electrons. The number of carbonyl (C=O) groups excluding carboxylic acids is 1. The summed E-state index contributed by atoms with van der Waals surface area (Å²) >= 11 is 2.93. The Morgan fingerprint density at radius 1 is 1.38 bits per heavy atom. The van der Waals surface area contributed by atoms with Gasteiger partial charge in [-0.3, -0.25) is 0 Å². The first-order chi connectivity index (χ1) is 6.00. The molecule has 0 aliphatic heterocycles. The normalized spacial score (nSPS) is 9.77. The lowest BCUT2D eigenvalue weighted by molar-refractivity contribution is 0.259. The predicted octanol–water partition coefficient (Wildman–Crippen LogP) is 2.22. The third-order valence-corrected chi connectivity index (χ3v) is 1.92. The number of primary amides is 1. The second-order valence-electron chi connectivity index (χ2n) is 2.24. The minimum atomic E-state index is -1.05. The number of rotatable bonds is 1. The molecular weight excluding hydrogens is 246 g/mol. The average Bonchev–Trinajstić information content (AvgIpc) is 1.99. The summed E-state index contributed by atoms with van der Waals surface area (Å²) in [6.07, 6.45) is 0. The second kappa shape index (κ2) is 3.69. The number of nitrogens with two attached hydrogens (primary N) is 1. The van der Waals surface area contributed by atoms with Gasteiger partial charge < -0.3 is 11.1 Å². The number of carbonyl (C=O) groups is 1. The standard InChI is InChI=1S/C7H5BrF2N2O/c8-3-1-4(9)5(10)2-6(3)12-7(11)13/h1-2H,(H3,11,12,13). The highest BCUT2D eigenvalue weighted by atomic mass is 79.9. The molecule has 0 fully saturated rings. The summed E-state index contributed by atoms with van der Waals surface area (Å²) in [5, 5.41) is 2.13. The molecule has 70 valence electrons. The van der Waals surface area contributed by atoms with Gasteiger partial charge in [0.05, 0.1) is 5.69 Å². The molecule has 1 aromatic carbocycles. The molecule has 0 aromatic heterocycles. The summed E-state index contributed by atoms with van der Waals surface area (Å²) in [5.41, 5.74) is 4.88. The van der Waals surface area contributed by atoms with E-state index in [9.17, 15) is 13.6 Å². The van der Waals surface area contributed by atoms with Crippen LogP contribution >= 0.6 is 15.9 Å². The molecule has 0 saturated heterocycles. The number of anilines is 1. The van der Waals surface area contributed by atoms with Crippen LogP contribution in [0.5, 0.6) is 0 Å². The van der Waals surface area contributed by atoms with Crippen LogP contribution in [0, 0.1) is 11.6 Å². The van der Waals surface area contributed by atoms with Gasteiger partial charge in [0.15, 0.2) is 11.6 Å². The number of halogens is 3. The number of benzene rings is 1. The quantitative estimate of drug-likeness (QED) is 0.738. The van der Waals surface area contributed by atoms with Crippen LogP contribution in [0.2, 0.25) is 0 Å². The van der Waals surface area contributed by atoms with Crippen LogP contribution in [0.1, 0.15) is 0 Å². The van der Waals surface area contributed by atoms with Crippen molar-refractivity contribution < 1.29 is 13.6 Å². The van der Waals surface area contributed by atoms with Gasteiger partial charge in [0.1, 0.15) is 0 Å². The first kappa shape index (κ1) is 9.91. The van der Waals surface area contributed by atoms with Crippen molar-refractivity contribution in [2.45, 2.75) is 0 Å². The van der Waals surface area contributed by atoms with Gasteiger partial charge in [-0.05, 0) is 22.0 Å².